The van der Waals surface area contributed by atoms with Crippen LogP contribution in [0.2, 0.25) is 5.15 Å². The molecule has 0 saturated heterocycles. The molecule has 2 rings (SSSR count). The van der Waals surface area contributed by atoms with Gasteiger partial charge in [0.05, 0.1) is 0 Å². The van der Waals surface area contributed by atoms with Crippen LogP contribution in [0.5, 0.6) is 0 Å². The number of nitrogens with two attached hydrogens (primary N) is 1. The molecule has 1 aromatic rings. The number of hydrogen-bond acceptors (Lipinski definition) is 3. The van der Waals surface area contributed by atoms with Crippen LogP contribution in [0.4, 0.5) is 0 Å². The monoisotopic (exact) mass is 281 g/mol. The molecule has 1 fully saturated rings. The van der Waals surface area contributed by atoms with Crippen LogP contribution in [0.1, 0.15) is 38.2 Å². The van der Waals surface area contributed by atoms with Gasteiger partial charge < -0.3 is 5.73 Å². The minimum absolute atomic E-state index is 0.560. The smallest absolute Gasteiger partial charge is 0.129 e. The van der Waals surface area contributed by atoms with Crippen molar-refractivity contribution in [3.63, 3.8) is 0 Å². The van der Waals surface area contributed by atoms with E-state index in [4.69, 9.17) is 17.3 Å². The van der Waals surface area contributed by atoms with E-state index < -0.39 is 0 Å². The fourth-order valence-corrected chi connectivity index (χ4v) is 3.25. The predicted octanol–water partition coefficient (Wildman–Crippen LogP) is 3.07. The molecular formula is C15H24ClN3. The van der Waals surface area contributed by atoms with Gasteiger partial charge in [0.25, 0.3) is 0 Å². The lowest BCUT2D eigenvalue weighted by Gasteiger charge is -2.39. The molecule has 0 radical (unpaired) electrons. The quantitative estimate of drug-likeness (QED) is 0.844. The van der Waals surface area contributed by atoms with Gasteiger partial charge in [0.15, 0.2) is 0 Å². The van der Waals surface area contributed by atoms with Crippen LogP contribution in [0, 0.1) is 5.92 Å². The van der Waals surface area contributed by atoms with Gasteiger partial charge in [-0.2, -0.15) is 0 Å². The molecule has 0 aliphatic heterocycles. The van der Waals surface area contributed by atoms with Gasteiger partial charge in [0, 0.05) is 18.8 Å². The predicted molar refractivity (Wildman–Crippen MR) is 80.1 cm³/mol. The Morgan fingerprint density at radius 2 is 2.16 bits per heavy atom. The number of pyridine rings is 1. The van der Waals surface area contributed by atoms with E-state index in [9.17, 15) is 0 Å². The van der Waals surface area contributed by atoms with E-state index in [0.717, 1.165) is 19.6 Å². The summed E-state index contributed by atoms with van der Waals surface area (Å²) >= 11 is 5.84. The van der Waals surface area contributed by atoms with Gasteiger partial charge in [0.2, 0.25) is 0 Å². The molecule has 1 aliphatic carbocycles. The maximum absolute atomic E-state index is 5.94. The highest BCUT2D eigenvalue weighted by Gasteiger charge is 2.28. The molecular weight excluding hydrogens is 258 g/mol. The zero-order valence-corrected chi connectivity index (χ0v) is 12.4. The Morgan fingerprint density at radius 1 is 1.37 bits per heavy atom. The maximum atomic E-state index is 5.94. The van der Waals surface area contributed by atoms with Crippen LogP contribution >= 0.6 is 11.6 Å². The Bertz CT molecular complexity index is 379. The van der Waals surface area contributed by atoms with Crippen molar-refractivity contribution in [3.8, 4) is 0 Å². The van der Waals surface area contributed by atoms with Crippen LogP contribution in [0.3, 0.4) is 0 Å². The van der Waals surface area contributed by atoms with Gasteiger partial charge in [-0.05, 0) is 43.5 Å². The van der Waals surface area contributed by atoms with E-state index in [0.29, 0.717) is 17.1 Å². The van der Waals surface area contributed by atoms with E-state index in [-0.39, 0.29) is 0 Å². The third kappa shape index (κ3) is 3.91. The molecule has 1 saturated carbocycles. The third-order valence-electron chi connectivity index (χ3n) is 4.22. The molecule has 1 heterocycles. The number of aromatic nitrogens is 1. The lowest BCUT2D eigenvalue weighted by Crippen LogP contribution is -2.44. The zero-order chi connectivity index (χ0) is 13.7. The minimum Gasteiger partial charge on any atom is -0.330 e. The average molecular weight is 282 g/mol. The first-order valence-electron chi connectivity index (χ1n) is 7.29. The number of nitrogens with zero attached hydrogens (tertiary/aromatic N) is 2. The summed E-state index contributed by atoms with van der Waals surface area (Å²) in [5, 5.41) is 0.560. The van der Waals surface area contributed by atoms with Crippen LogP contribution in [0.25, 0.3) is 0 Å². The second-order valence-electron chi connectivity index (χ2n) is 5.40. The van der Waals surface area contributed by atoms with Crippen molar-refractivity contribution in [3.05, 3.63) is 29.0 Å². The summed E-state index contributed by atoms with van der Waals surface area (Å²) in [5.74, 6) is 0.647. The summed E-state index contributed by atoms with van der Waals surface area (Å²) in [6, 6.07) is 4.56. The summed E-state index contributed by atoms with van der Waals surface area (Å²) in [6.45, 7) is 5.04. The summed E-state index contributed by atoms with van der Waals surface area (Å²) in [4.78, 5) is 6.71. The van der Waals surface area contributed by atoms with Gasteiger partial charge in [-0.25, -0.2) is 4.98 Å². The molecule has 0 bridgehead atoms. The lowest BCUT2D eigenvalue weighted by molar-refractivity contribution is 0.105. The maximum Gasteiger partial charge on any atom is 0.129 e. The normalized spacial score (nSPS) is 23.8. The van der Waals surface area contributed by atoms with E-state index >= 15 is 0 Å². The van der Waals surface area contributed by atoms with Crippen molar-refractivity contribution in [1.29, 1.82) is 0 Å². The molecule has 0 amide bonds. The van der Waals surface area contributed by atoms with Crippen LogP contribution in [0.15, 0.2) is 18.3 Å². The first-order chi connectivity index (χ1) is 9.24. The lowest BCUT2D eigenvalue weighted by atomic mass is 9.83. The van der Waals surface area contributed by atoms with Gasteiger partial charge in [0.1, 0.15) is 5.15 Å². The largest absolute Gasteiger partial charge is 0.330 e. The van der Waals surface area contributed by atoms with Gasteiger partial charge >= 0.3 is 0 Å². The summed E-state index contributed by atoms with van der Waals surface area (Å²) in [6.07, 6.45) is 7.09. The second kappa shape index (κ2) is 7.22. The molecule has 3 nitrogen and oxygen atoms in total. The molecule has 106 valence electrons. The summed E-state index contributed by atoms with van der Waals surface area (Å²) in [7, 11) is 0. The van der Waals surface area contributed by atoms with Crippen LogP contribution in [-0.4, -0.2) is 29.0 Å². The second-order valence-corrected chi connectivity index (χ2v) is 5.79. The minimum atomic E-state index is 0.560. The Labute approximate surface area is 121 Å². The number of hydrogen-bond donors (Lipinski definition) is 1. The van der Waals surface area contributed by atoms with E-state index in [1.54, 1.807) is 0 Å². The van der Waals surface area contributed by atoms with Gasteiger partial charge in [-0.1, -0.05) is 37.4 Å². The molecule has 1 aliphatic rings. The average Bonchev–Trinajstić information content (AvgIpc) is 2.46. The first-order valence-corrected chi connectivity index (χ1v) is 7.67. The van der Waals surface area contributed by atoms with Crippen molar-refractivity contribution in [2.45, 2.75) is 45.2 Å². The van der Waals surface area contributed by atoms with Crippen molar-refractivity contribution in [2.24, 2.45) is 11.7 Å². The molecule has 19 heavy (non-hydrogen) atoms. The number of rotatable bonds is 5. The highest BCUT2D eigenvalue weighted by atomic mass is 35.5. The Balaban J connectivity index is 2.04. The van der Waals surface area contributed by atoms with E-state index in [1.807, 2.05) is 12.3 Å². The molecule has 0 spiro atoms. The van der Waals surface area contributed by atoms with Crippen molar-refractivity contribution >= 4 is 11.6 Å². The van der Waals surface area contributed by atoms with E-state index in [2.05, 4.69) is 22.9 Å². The topological polar surface area (TPSA) is 42.2 Å². The van der Waals surface area contributed by atoms with Crippen LogP contribution < -0.4 is 5.73 Å². The number of halogens is 1. The zero-order valence-electron chi connectivity index (χ0n) is 11.7. The molecule has 2 atom stereocenters. The summed E-state index contributed by atoms with van der Waals surface area (Å²) in [5.41, 5.74) is 7.17. The fourth-order valence-electron chi connectivity index (χ4n) is 3.14. The standard InChI is InChI=1S/C15H24ClN3/c1-2-19(11-12-7-8-15(16)18-10-12)14-6-4-3-5-13(14)9-17/h7-8,10,13-14H,2-6,9,11,17H2,1H3. The van der Waals surface area contributed by atoms with Crippen molar-refractivity contribution in [1.82, 2.24) is 9.88 Å². The van der Waals surface area contributed by atoms with Gasteiger partial charge in [-0.15, -0.1) is 0 Å². The van der Waals surface area contributed by atoms with Gasteiger partial charge in [-0.3, -0.25) is 4.90 Å². The highest BCUT2D eigenvalue weighted by molar-refractivity contribution is 6.29. The molecule has 0 aromatic carbocycles. The molecule has 2 unspecified atom stereocenters. The SMILES string of the molecule is CCN(Cc1ccc(Cl)nc1)C1CCCCC1CN. The van der Waals surface area contributed by atoms with Crippen molar-refractivity contribution in [2.75, 3.05) is 13.1 Å². The Kier molecular flexibility index (Phi) is 5.61. The molecule has 2 N–H and O–H groups in total. The van der Waals surface area contributed by atoms with Crippen LogP contribution in [-0.2, 0) is 6.54 Å². The molecule has 4 heteroatoms. The molecule has 1 aromatic heterocycles. The van der Waals surface area contributed by atoms with E-state index in [1.165, 1.54) is 31.2 Å². The highest BCUT2D eigenvalue weighted by Crippen LogP contribution is 2.28. The summed E-state index contributed by atoms with van der Waals surface area (Å²) < 4.78 is 0. The van der Waals surface area contributed by atoms with Crippen molar-refractivity contribution < 1.29 is 0 Å². The third-order valence-corrected chi connectivity index (χ3v) is 4.44. The Morgan fingerprint density at radius 3 is 2.79 bits per heavy atom. The first kappa shape index (κ1) is 14.8. The Hall–Kier alpha value is -0.640. The fraction of sp³-hybridized carbons (Fsp3) is 0.667.